The van der Waals surface area contributed by atoms with Crippen LogP contribution in [0.4, 0.5) is 0 Å². The van der Waals surface area contributed by atoms with Crippen molar-refractivity contribution in [3.8, 4) is 0 Å². The van der Waals surface area contributed by atoms with Crippen molar-refractivity contribution in [1.82, 2.24) is 9.71 Å². The third-order valence-corrected chi connectivity index (χ3v) is 4.38. The molecule has 0 spiro atoms. The molecule has 6 heteroatoms. The molecule has 2 rings (SSSR count). The second-order valence-electron chi connectivity index (χ2n) is 4.71. The number of nitrogens with zero attached hydrogens (tertiary/aromatic N) is 1. The van der Waals surface area contributed by atoms with Crippen LogP contribution in [-0.2, 0) is 15.8 Å². The van der Waals surface area contributed by atoms with Crippen molar-refractivity contribution < 1.29 is 13.5 Å². The molecule has 0 saturated carbocycles. The van der Waals surface area contributed by atoms with Crippen LogP contribution in [0.1, 0.15) is 23.6 Å². The van der Waals surface area contributed by atoms with Crippen LogP contribution in [0.2, 0.25) is 0 Å². The highest BCUT2D eigenvalue weighted by Gasteiger charge is 2.19. The third-order valence-electron chi connectivity index (χ3n) is 3.03. The van der Waals surface area contributed by atoms with Crippen LogP contribution in [0.15, 0.2) is 54.9 Å². The lowest BCUT2D eigenvalue weighted by atomic mass is 10.1. The molecule has 0 aliphatic carbocycles. The predicted octanol–water partition coefficient (Wildman–Crippen LogP) is 1.62. The van der Waals surface area contributed by atoms with E-state index in [1.807, 2.05) is 6.07 Å². The zero-order valence-electron chi connectivity index (χ0n) is 11.5. The van der Waals surface area contributed by atoms with Crippen molar-refractivity contribution in [2.45, 2.75) is 18.2 Å². The molecule has 0 aliphatic heterocycles. The molecule has 1 aromatic heterocycles. The van der Waals surface area contributed by atoms with Gasteiger partial charge in [0, 0.05) is 19.0 Å². The normalized spacial score (nSPS) is 13.0. The van der Waals surface area contributed by atoms with E-state index in [1.54, 1.807) is 48.8 Å². The fraction of sp³-hybridized carbons (Fsp3) is 0.267. The maximum atomic E-state index is 12.2. The summed E-state index contributed by atoms with van der Waals surface area (Å²) in [6.07, 6.45) is 3.53. The Labute approximate surface area is 124 Å². The van der Waals surface area contributed by atoms with Gasteiger partial charge in [-0.15, -0.1) is 0 Å². The molecule has 0 saturated heterocycles. The number of aliphatic hydroxyl groups excluding tert-OH is 1. The number of aromatic nitrogens is 1. The van der Waals surface area contributed by atoms with Crippen molar-refractivity contribution in [2.75, 3.05) is 6.61 Å². The van der Waals surface area contributed by atoms with Gasteiger partial charge < -0.3 is 5.11 Å². The lowest BCUT2D eigenvalue weighted by Gasteiger charge is -2.18. The summed E-state index contributed by atoms with van der Waals surface area (Å²) < 4.78 is 27.1. The van der Waals surface area contributed by atoms with Gasteiger partial charge in [-0.3, -0.25) is 4.98 Å². The molecule has 0 fully saturated rings. The Morgan fingerprint density at radius 3 is 2.52 bits per heavy atom. The second-order valence-corrected chi connectivity index (χ2v) is 6.47. The number of hydrogen-bond acceptors (Lipinski definition) is 4. The number of nitrogens with one attached hydrogen (secondary N) is 1. The minimum Gasteiger partial charge on any atom is -0.396 e. The summed E-state index contributed by atoms with van der Waals surface area (Å²) in [5, 5.41) is 9.13. The second kappa shape index (κ2) is 7.31. The maximum Gasteiger partial charge on any atom is 0.216 e. The zero-order valence-corrected chi connectivity index (χ0v) is 12.3. The van der Waals surface area contributed by atoms with E-state index in [-0.39, 0.29) is 12.4 Å². The summed E-state index contributed by atoms with van der Waals surface area (Å²) in [4.78, 5) is 3.99. The van der Waals surface area contributed by atoms with Crippen LogP contribution in [0, 0.1) is 0 Å². The molecule has 1 aromatic carbocycles. The van der Waals surface area contributed by atoms with E-state index >= 15 is 0 Å². The molecule has 0 bridgehead atoms. The van der Waals surface area contributed by atoms with E-state index in [0.717, 1.165) is 11.1 Å². The Balaban J connectivity index is 2.12. The highest BCUT2D eigenvalue weighted by Crippen LogP contribution is 2.17. The molecule has 0 radical (unpaired) electrons. The van der Waals surface area contributed by atoms with E-state index in [9.17, 15) is 8.42 Å². The van der Waals surface area contributed by atoms with E-state index < -0.39 is 16.1 Å². The molecule has 21 heavy (non-hydrogen) atoms. The summed E-state index contributed by atoms with van der Waals surface area (Å²) in [5.74, 6) is -0.0873. The first-order chi connectivity index (χ1) is 10.1. The number of sulfonamides is 1. The smallest absolute Gasteiger partial charge is 0.216 e. The number of pyridine rings is 1. The molecule has 112 valence electrons. The van der Waals surface area contributed by atoms with Gasteiger partial charge in [0.2, 0.25) is 10.0 Å². The van der Waals surface area contributed by atoms with Gasteiger partial charge in [-0.05, 0) is 23.6 Å². The number of rotatable bonds is 7. The van der Waals surface area contributed by atoms with Gasteiger partial charge >= 0.3 is 0 Å². The highest BCUT2D eigenvalue weighted by atomic mass is 32.2. The van der Waals surface area contributed by atoms with Gasteiger partial charge in [0.1, 0.15) is 0 Å². The third kappa shape index (κ3) is 4.93. The Hall–Kier alpha value is -1.76. The lowest BCUT2D eigenvalue weighted by Crippen LogP contribution is -2.30. The van der Waals surface area contributed by atoms with Crippen LogP contribution in [-0.4, -0.2) is 25.1 Å². The molecule has 2 N–H and O–H groups in total. The molecule has 5 nitrogen and oxygen atoms in total. The van der Waals surface area contributed by atoms with Crippen LogP contribution in [0.5, 0.6) is 0 Å². The van der Waals surface area contributed by atoms with Gasteiger partial charge in [0.15, 0.2) is 0 Å². The average Bonchev–Trinajstić information content (AvgIpc) is 2.48. The summed E-state index contributed by atoms with van der Waals surface area (Å²) in [6, 6.07) is 12.0. The Bertz CT molecular complexity index is 645. The van der Waals surface area contributed by atoms with Crippen molar-refractivity contribution in [3.05, 3.63) is 66.0 Å². The van der Waals surface area contributed by atoms with Crippen LogP contribution >= 0.6 is 0 Å². The zero-order chi connectivity index (χ0) is 15.1. The van der Waals surface area contributed by atoms with Gasteiger partial charge in [0.05, 0.1) is 11.8 Å². The Morgan fingerprint density at radius 2 is 1.90 bits per heavy atom. The first kappa shape index (κ1) is 15.6. The van der Waals surface area contributed by atoms with Crippen molar-refractivity contribution >= 4 is 10.0 Å². The lowest BCUT2D eigenvalue weighted by molar-refractivity contribution is 0.272. The summed E-state index contributed by atoms with van der Waals surface area (Å²) >= 11 is 0. The summed E-state index contributed by atoms with van der Waals surface area (Å²) in [7, 11) is -3.49. The van der Waals surface area contributed by atoms with E-state index in [2.05, 4.69) is 9.71 Å². The SMILES string of the molecule is O=S(=O)(Cc1ccccc1)NC(CCO)c1cccnc1. The number of aliphatic hydroxyl groups is 1. The largest absolute Gasteiger partial charge is 0.396 e. The van der Waals surface area contributed by atoms with E-state index in [0.29, 0.717) is 6.42 Å². The van der Waals surface area contributed by atoms with Crippen LogP contribution in [0.3, 0.4) is 0 Å². The standard InChI is InChI=1S/C15H18N2O3S/c18-10-8-15(14-7-4-9-16-11-14)17-21(19,20)12-13-5-2-1-3-6-13/h1-7,9,11,15,17-18H,8,10,12H2. The number of benzene rings is 1. The van der Waals surface area contributed by atoms with Gasteiger partial charge in [-0.25, -0.2) is 13.1 Å². The predicted molar refractivity (Wildman–Crippen MR) is 80.9 cm³/mol. The van der Waals surface area contributed by atoms with E-state index in [4.69, 9.17) is 5.11 Å². The van der Waals surface area contributed by atoms with Crippen LogP contribution in [0.25, 0.3) is 0 Å². The maximum absolute atomic E-state index is 12.2. The molecular formula is C15H18N2O3S. The van der Waals surface area contributed by atoms with Gasteiger partial charge in [0.25, 0.3) is 0 Å². The molecule has 1 unspecified atom stereocenters. The molecule has 0 aliphatic rings. The van der Waals surface area contributed by atoms with Gasteiger partial charge in [-0.1, -0.05) is 36.4 Å². The Kier molecular flexibility index (Phi) is 5.44. The summed E-state index contributed by atoms with van der Waals surface area (Å²) in [5.41, 5.74) is 1.46. The van der Waals surface area contributed by atoms with Crippen molar-refractivity contribution in [3.63, 3.8) is 0 Å². The molecule has 1 heterocycles. The monoisotopic (exact) mass is 306 g/mol. The molecular weight excluding hydrogens is 288 g/mol. The number of hydrogen-bond donors (Lipinski definition) is 2. The van der Waals surface area contributed by atoms with Crippen molar-refractivity contribution in [1.29, 1.82) is 0 Å². The Morgan fingerprint density at radius 1 is 1.14 bits per heavy atom. The first-order valence-electron chi connectivity index (χ1n) is 6.65. The molecule has 2 aromatic rings. The highest BCUT2D eigenvalue weighted by molar-refractivity contribution is 7.88. The van der Waals surface area contributed by atoms with Gasteiger partial charge in [-0.2, -0.15) is 0 Å². The minimum absolute atomic E-state index is 0.0873. The fourth-order valence-corrected chi connectivity index (χ4v) is 3.46. The van der Waals surface area contributed by atoms with E-state index in [1.165, 1.54) is 0 Å². The average molecular weight is 306 g/mol. The van der Waals surface area contributed by atoms with Crippen LogP contribution < -0.4 is 4.72 Å². The van der Waals surface area contributed by atoms with Crippen molar-refractivity contribution in [2.24, 2.45) is 0 Å². The molecule has 1 atom stereocenters. The summed E-state index contributed by atoms with van der Waals surface area (Å²) in [6.45, 7) is -0.104. The minimum atomic E-state index is -3.49. The molecule has 0 amide bonds. The first-order valence-corrected chi connectivity index (χ1v) is 8.30. The quantitative estimate of drug-likeness (QED) is 0.815. The topological polar surface area (TPSA) is 79.3 Å². The fourth-order valence-electron chi connectivity index (χ4n) is 2.06.